The highest BCUT2D eigenvalue weighted by molar-refractivity contribution is 5.25. The van der Waals surface area contributed by atoms with Crippen LogP contribution in [-0.2, 0) is 47.4 Å². The SMILES string of the molecule is CC(C)(O)C(O)C/C=C(\CO)[C@H]1CC[C@]2(C)[C@@H]1CC[C@@H]1[C@@]3(C)CC[C@H](O[C@@H]4O[C@H](CO)[C@@H](O)[C@H](O)[C@H]4O[C@@H]4O[C@H](CO)[C@@H](O)[C@H](O)[C@H]4O)C(C)(C)[C@@H]3CC[C@]12C.CC(C)(O)C(O)C/C=C(\CO)[C@H]1CC[C@]2(C)[C@@H]1CC[C@@H]1[C@@]3(C)CC[C@H](O[C@@H]4O[C@H](CO[C@@H]5O[C@H](CO)[C@@H](O)[C@H](O)[C@H]5O)[C@@H](O)[C@H](O)[C@H]4O[C@@H]4O[C@H](CO)[C@@H](O)[C@H](O)[C@H]4O)C(C)(C)[C@@H]3CC[C@]12C. The number of aliphatic hydroxyl groups is 23. The maximum Gasteiger partial charge on any atom is 0.187 e. The second-order valence-corrected chi connectivity index (χ2v) is 43.1. The summed E-state index contributed by atoms with van der Waals surface area (Å²) in [7, 11) is 0. The first-order valence-electron chi connectivity index (χ1n) is 45.6. The zero-order chi connectivity index (χ0) is 90.7. The average molecular weight is 1760 g/mol. The van der Waals surface area contributed by atoms with Crippen LogP contribution in [0.25, 0.3) is 0 Å². The number of fused-ring (bicyclic) bond motifs is 10. The van der Waals surface area contributed by atoms with Gasteiger partial charge in [-0.25, -0.2) is 0 Å². The van der Waals surface area contributed by atoms with Crippen LogP contribution in [0.4, 0.5) is 0 Å². The van der Waals surface area contributed by atoms with Crippen molar-refractivity contribution < 1.29 is 165 Å². The van der Waals surface area contributed by atoms with Gasteiger partial charge in [-0.2, -0.15) is 0 Å². The van der Waals surface area contributed by atoms with Crippen molar-refractivity contribution in [1.29, 1.82) is 0 Å². The van der Waals surface area contributed by atoms with E-state index in [4.69, 9.17) is 47.4 Å². The molecule has 0 radical (unpaired) electrons. The van der Waals surface area contributed by atoms with Crippen LogP contribution in [0.2, 0.25) is 0 Å². The molecule has 0 aromatic heterocycles. The van der Waals surface area contributed by atoms with Crippen molar-refractivity contribution >= 4 is 0 Å². The van der Waals surface area contributed by atoms with E-state index in [1.54, 1.807) is 27.7 Å². The Morgan fingerprint density at radius 2 is 0.650 bits per heavy atom. The van der Waals surface area contributed by atoms with Crippen molar-refractivity contribution in [2.45, 2.75) is 402 Å². The van der Waals surface area contributed by atoms with Crippen molar-refractivity contribution in [3.05, 3.63) is 23.3 Å². The molecule has 0 aromatic carbocycles. The van der Waals surface area contributed by atoms with Crippen LogP contribution in [0.15, 0.2) is 23.3 Å². The molecule has 33 nitrogen and oxygen atoms in total. The third kappa shape index (κ3) is 18.0. The third-order valence-corrected chi connectivity index (χ3v) is 35.4. The van der Waals surface area contributed by atoms with Crippen molar-refractivity contribution in [2.75, 3.05) is 46.2 Å². The largest absolute Gasteiger partial charge is 0.394 e. The fourth-order valence-electron chi connectivity index (χ4n) is 27.6. The van der Waals surface area contributed by atoms with Crippen LogP contribution in [0.3, 0.4) is 0 Å². The van der Waals surface area contributed by atoms with Gasteiger partial charge in [0.25, 0.3) is 0 Å². The number of aliphatic hydroxyl groups excluding tert-OH is 21. The first-order chi connectivity index (χ1) is 57.4. The van der Waals surface area contributed by atoms with Gasteiger partial charge in [-0.15, -0.1) is 0 Å². The number of hydrogen-bond acceptors (Lipinski definition) is 33. The quantitative estimate of drug-likeness (QED) is 0.0425. The zero-order valence-corrected chi connectivity index (χ0v) is 74.6. The Balaban J connectivity index is 0.000000228. The van der Waals surface area contributed by atoms with E-state index >= 15 is 0 Å². The molecule has 13 aliphatic rings. The summed E-state index contributed by atoms with van der Waals surface area (Å²) < 4.78 is 60.6. The molecule has 23 N–H and O–H groups in total. The molecule has 13 rings (SSSR count). The summed E-state index contributed by atoms with van der Waals surface area (Å²) in [5, 5.41) is 242. The molecule has 712 valence electrons. The lowest BCUT2D eigenvalue weighted by Crippen LogP contribution is -2.67. The highest BCUT2D eigenvalue weighted by Gasteiger charge is 2.72. The van der Waals surface area contributed by atoms with Crippen LogP contribution in [-0.4, -0.2) is 353 Å². The highest BCUT2D eigenvalue weighted by atomic mass is 16.8. The second kappa shape index (κ2) is 37.9. The number of hydrogen-bond donors (Lipinski definition) is 23. The van der Waals surface area contributed by atoms with Crippen LogP contribution in [0, 0.1) is 90.7 Å². The maximum atomic E-state index is 11.8. The fraction of sp³-hybridized carbons (Fsp3) is 0.956. The van der Waals surface area contributed by atoms with Crippen molar-refractivity contribution in [1.82, 2.24) is 0 Å². The van der Waals surface area contributed by atoms with E-state index in [0.717, 1.165) is 101 Å². The number of rotatable bonds is 25. The van der Waals surface area contributed by atoms with E-state index < -0.39 is 221 Å². The molecule has 33 heteroatoms. The van der Waals surface area contributed by atoms with E-state index in [1.165, 1.54) is 0 Å². The van der Waals surface area contributed by atoms with E-state index in [0.29, 0.717) is 42.9 Å². The monoisotopic (exact) mass is 1760 g/mol. The molecule has 8 aliphatic carbocycles. The molecule has 5 aliphatic heterocycles. The highest BCUT2D eigenvalue weighted by Crippen LogP contribution is 2.78. The van der Waals surface area contributed by atoms with Gasteiger partial charge >= 0.3 is 0 Å². The molecular formula is C90H154O33. The summed E-state index contributed by atoms with van der Waals surface area (Å²) >= 11 is 0. The maximum absolute atomic E-state index is 11.8. The van der Waals surface area contributed by atoms with Gasteiger partial charge in [0.15, 0.2) is 31.5 Å². The van der Waals surface area contributed by atoms with Crippen LogP contribution >= 0.6 is 0 Å². The molecule has 8 saturated carbocycles. The second-order valence-electron chi connectivity index (χ2n) is 43.1. The Morgan fingerprint density at radius 1 is 0.341 bits per heavy atom. The van der Waals surface area contributed by atoms with Crippen LogP contribution < -0.4 is 0 Å². The Hall–Kier alpha value is -1.84. The fourth-order valence-corrected chi connectivity index (χ4v) is 27.6. The molecule has 0 spiro atoms. The smallest absolute Gasteiger partial charge is 0.187 e. The van der Waals surface area contributed by atoms with E-state index in [-0.39, 0.29) is 87.3 Å². The molecule has 13 fully saturated rings. The zero-order valence-electron chi connectivity index (χ0n) is 74.6. The molecular weight excluding hydrogens is 1610 g/mol. The summed E-state index contributed by atoms with van der Waals surface area (Å²) in [6.07, 6.45) is -22.7. The Bertz CT molecular complexity index is 3520. The first kappa shape index (κ1) is 100. The predicted molar refractivity (Wildman–Crippen MR) is 437 cm³/mol. The van der Waals surface area contributed by atoms with Crippen molar-refractivity contribution in [3.8, 4) is 0 Å². The van der Waals surface area contributed by atoms with E-state index in [2.05, 4.69) is 69.2 Å². The molecule has 5 heterocycles. The minimum Gasteiger partial charge on any atom is -0.394 e. The first-order valence-corrected chi connectivity index (χ1v) is 45.6. The van der Waals surface area contributed by atoms with Gasteiger partial charge in [-0.1, -0.05) is 81.4 Å². The minimum absolute atomic E-state index is 0.0102. The van der Waals surface area contributed by atoms with Gasteiger partial charge in [-0.05, 0) is 245 Å². The van der Waals surface area contributed by atoms with E-state index in [9.17, 15) is 117 Å². The Labute approximate surface area is 723 Å². The summed E-state index contributed by atoms with van der Waals surface area (Å²) in [6.45, 7) is 26.5. The normalized spacial score (nSPS) is 50.5. The lowest BCUT2D eigenvalue weighted by Gasteiger charge is -2.70. The minimum atomic E-state index is -1.84. The topological polar surface area (TPSA) is 558 Å². The van der Waals surface area contributed by atoms with Gasteiger partial charge < -0.3 is 165 Å². The number of ether oxygens (including phenoxy) is 10. The summed E-state index contributed by atoms with van der Waals surface area (Å²) in [6, 6.07) is 0. The molecule has 5 saturated heterocycles. The summed E-state index contributed by atoms with van der Waals surface area (Å²) in [5.74, 6) is 2.40. The van der Waals surface area contributed by atoms with Crippen LogP contribution in [0.1, 0.15) is 213 Å². The molecule has 43 atom stereocenters. The van der Waals surface area contributed by atoms with Gasteiger partial charge in [0, 0.05) is 0 Å². The van der Waals surface area contributed by atoms with Gasteiger partial charge in [-0.3, -0.25) is 0 Å². The van der Waals surface area contributed by atoms with Crippen molar-refractivity contribution in [2.24, 2.45) is 90.7 Å². The van der Waals surface area contributed by atoms with Gasteiger partial charge in [0.05, 0.1) is 81.9 Å². The summed E-state index contributed by atoms with van der Waals surface area (Å²) in [4.78, 5) is 0. The van der Waals surface area contributed by atoms with Gasteiger partial charge in [0.1, 0.15) is 122 Å². The van der Waals surface area contributed by atoms with E-state index in [1.807, 2.05) is 12.2 Å². The molecule has 0 aromatic rings. The average Bonchev–Trinajstić information content (AvgIpc) is 1.66. The Kier molecular flexibility index (Phi) is 30.9. The lowest BCUT2D eigenvalue weighted by molar-refractivity contribution is -0.382. The molecule has 123 heavy (non-hydrogen) atoms. The molecule has 0 bridgehead atoms. The summed E-state index contributed by atoms with van der Waals surface area (Å²) in [5.41, 5.74) is -1.49. The van der Waals surface area contributed by atoms with Gasteiger partial charge in [0.2, 0.25) is 0 Å². The lowest BCUT2D eigenvalue weighted by atomic mass is 9.35. The Morgan fingerprint density at radius 3 is 0.992 bits per heavy atom. The third-order valence-electron chi connectivity index (χ3n) is 35.4. The predicted octanol–water partition coefficient (Wildman–Crippen LogP) is 0.0670. The van der Waals surface area contributed by atoms with Crippen LogP contribution in [0.5, 0.6) is 0 Å². The molecule has 0 amide bonds. The standard InChI is InChI=1S/C48H82O19.C42H72O14/c1-44(2)28-13-17-48(7)29(10-9-24-23(12-16-47(24,48)6)22(18-49)8-11-30(52)45(3,4)61)46(28,5)15-14-31(44)66-43-40(67-42-39(60)36(57)33(54)26(20-51)64-42)37(58)34(55)27(65-43)21-62-41-38(59)35(56)32(53)25(19-50)63-41;1-38(2)26-13-17-42(7)27(10-9-23-22(12-16-41(23,42)6)21(18-43)8-11-28(46)39(3,4)52)40(26,5)15-14-29(38)55-37-35(33(50)31(48)25(20-45)54-37)56-36-34(51)32(49)30(47)24(19-44)53-36/h8,23-43,49-61H,9-21H2,1-7H3;8,22-37,43-52H,9-20H2,1-7H3/b22-8+;21-8+/t23-,24-,25-,26-,27-,28+,29-,30?,31+,32-,33-,34-,35+,36+,37+,38-,39-,40-,41-,42+,43+,46+,47-,48-;22-,23-,24-,25-,26+,27-,28?,29+,30-,31-,32+,33+,34-,35-,36+,37+,40+,41-,42-/m11/s1. The van der Waals surface area contributed by atoms with Crippen molar-refractivity contribution in [3.63, 3.8) is 0 Å². The molecule has 2 unspecified atom stereocenters.